The van der Waals surface area contributed by atoms with Gasteiger partial charge in [0.1, 0.15) is 0 Å². The Kier molecular flexibility index (Phi) is 5.75. The summed E-state index contributed by atoms with van der Waals surface area (Å²) in [7, 11) is 1.37. The molecule has 1 aliphatic heterocycles. The van der Waals surface area contributed by atoms with Gasteiger partial charge in [-0.1, -0.05) is 12.1 Å². The molecule has 1 amide bonds. The Hall–Kier alpha value is -1.88. The number of ether oxygens (including phenoxy) is 1. The Morgan fingerprint density at radius 2 is 1.86 bits per heavy atom. The second-order valence-corrected chi connectivity index (χ2v) is 5.20. The number of methoxy groups -OCH3 is 1. The third-order valence-electron chi connectivity index (χ3n) is 3.68. The first-order valence-corrected chi connectivity index (χ1v) is 7.36. The fourth-order valence-electron chi connectivity index (χ4n) is 2.43. The van der Waals surface area contributed by atoms with Crippen LogP contribution in [0.3, 0.4) is 0 Å². The normalized spacial score (nSPS) is 14.2. The lowest BCUT2D eigenvalue weighted by Gasteiger charge is -2.15. The summed E-state index contributed by atoms with van der Waals surface area (Å²) in [4.78, 5) is 25.1. The van der Waals surface area contributed by atoms with Gasteiger partial charge in [-0.2, -0.15) is 0 Å². The molecule has 0 unspecified atom stereocenters. The number of nitrogens with zero attached hydrogens (tertiary/aromatic N) is 1. The minimum absolute atomic E-state index is 0.237. The standard InChI is InChI=1S/C16H22N2O3/c1-21-16(20)14-6-4-13(5-7-14)12-17-9-8-15(19)18-10-2-3-11-18/h4-7,17H,2-3,8-12H2,1H3. The predicted octanol–water partition coefficient (Wildman–Crippen LogP) is 1.58. The van der Waals surface area contributed by atoms with Gasteiger partial charge >= 0.3 is 5.97 Å². The van der Waals surface area contributed by atoms with E-state index in [9.17, 15) is 9.59 Å². The average Bonchev–Trinajstić information content (AvgIpc) is 3.05. The molecule has 5 heteroatoms. The van der Waals surface area contributed by atoms with Crippen LogP contribution in [-0.4, -0.2) is 43.5 Å². The molecule has 0 atom stereocenters. The third kappa shape index (κ3) is 4.56. The highest BCUT2D eigenvalue weighted by atomic mass is 16.5. The van der Waals surface area contributed by atoms with Crippen molar-refractivity contribution in [2.24, 2.45) is 0 Å². The molecule has 1 aromatic carbocycles. The molecular formula is C16H22N2O3. The Bertz CT molecular complexity index is 479. The van der Waals surface area contributed by atoms with Gasteiger partial charge < -0.3 is 15.0 Å². The van der Waals surface area contributed by atoms with Crippen LogP contribution in [0.5, 0.6) is 0 Å². The molecule has 1 aliphatic rings. The second-order valence-electron chi connectivity index (χ2n) is 5.20. The minimum Gasteiger partial charge on any atom is -0.465 e. The van der Waals surface area contributed by atoms with E-state index in [0.29, 0.717) is 25.1 Å². The van der Waals surface area contributed by atoms with Crippen LogP contribution in [0.25, 0.3) is 0 Å². The van der Waals surface area contributed by atoms with Gasteiger partial charge in [-0.05, 0) is 30.5 Å². The van der Waals surface area contributed by atoms with E-state index < -0.39 is 0 Å². The van der Waals surface area contributed by atoms with Crippen molar-refractivity contribution in [3.8, 4) is 0 Å². The fourth-order valence-corrected chi connectivity index (χ4v) is 2.43. The monoisotopic (exact) mass is 290 g/mol. The van der Waals surface area contributed by atoms with Crippen molar-refractivity contribution in [1.29, 1.82) is 0 Å². The lowest BCUT2D eigenvalue weighted by molar-refractivity contribution is -0.130. The maximum absolute atomic E-state index is 11.8. The van der Waals surface area contributed by atoms with E-state index in [1.54, 1.807) is 12.1 Å². The Balaban J connectivity index is 1.68. The number of carbonyl (C=O) groups is 2. The van der Waals surface area contributed by atoms with Gasteiger partial charge in [0.05, 0.1) is 12.7 Å². The first kappa shape index (κ1) is 15.5. The molecular weight excluding hydrogens is 268 g/mol. The molecule has 0 radical (unpaired) electrons. The highest BCUT2D eigenvalue weighted by Crippen LogP contribution is 2.09. The van der Waals surface area contributed by atoms with Crippen molar-refractivity contribution < 1.29 is 14.3 Å². The van der Waals surface area contributed by atoms with Gasteiger partial charge in [-0.3, -0.25) is 4.79 Å². The molecule has 0 bridgehead atoms. The third-order valence-corrected chi connectivity index (χ3v) is 3.68. The highest BCUT2D eigenvalue weighted by molar-refractivity contribution is 5.89. The lowest BCUT2D eigenvalue weighted by atomic mass is 10.1. The number of rotatable bonds is 6. The number of benzene rings is 1. The number of amides is 1. The molecule has 1 fully saturated rings. The summed E-state index contributed by atoms with van der Waals surface area (Å²) in [6.07, 6.45) is 2.80. The van der Waals surface area contributed by atoms with Crippen molar-refractivity contribution in [3.05, 3.63) is 35.4 Å². The number of hydrogen-bond acceptors (Lipinski definition) is 4. The van der Waals surface area contributed by atoms with E-state index in [4.69, 9.17) is 0 Å². The van der Waals surface area contributed by atoms with Gasteiger partial charge in [0.25, 0.3) is 0 Å². The summed E-state index contributed by atoms with van der Waals surface area (Å²) in [6, 6.07) is 7.28. The second kappa shape index (κ2) is 7.78. The van der Waals surface area contributed by atoms with E-state index in [-0.39, 0.29) is 11.9 Å². The number of nitrogens with one attached hydrogen (secondary N) is 1. The maximum atomic E-state index is 11.8. The molecule has 1 N–H and O–H groups in total. The summed E-state index contributed by atoms with van der Waals surface area (Å²) >= 11 is 0. The van der Waals surface area contributed by atoms with Gasteiger partial charge in [0.2, 0.25) is 5.91 Å². The zero-order valence-electron chi connectivity index (χ0n) is 12.4. The molecule has 21 heavy (non-hydrogen) atoms. The zero-order chi connectivity index (χ0) is 15.1. The van der Waals surface area contributed by atoms with E-state index in [2.05, 4.69) is 10.1 Å². The summed E-state index contributed by atoms with van der Waals surface area (Å²) < 4.78 is 4.65. The van der Waals surface area contributed by atoms with Crippen molar-refractivity contribution in [3.63, 3.8) is 0 Å². The van der Waals surface area contributed by atoms with Crippen molar-refractivity contribution in [2.75, 3.05) is 26.7 Å². The minimum atomic E-state index is -0.328. The largest absolute Gasteiger partial charge is 0.465 e. The molecule has 1 aromatic rings. The zero-order valence-corrected chi connectivity index (χ0v) is 12.4. The molecule has 1 saturated heterocycles. The first-order chi connectivity index (χ1) is 10.2. The van der Waals surface area contributed by atoms with E-state index in [1.807, 2.05) is 17.0 Å². The summed E-state index contributed by atoms with van der Waals surface area (Å²) in [5, 5.41) is 3.26. The van der Waals surface area contributed by atoms with Crippen molar-refractivity contribution in [2.45, 2.75) is 25.8 Å². The van der Waals surface area contributed by atoms with Crippen LogP contribution in [0, 0.1) is 0 Å². The van der Waals surface area contributed by atoms with Crippen LogP contribution in [-0.2, 0) is 16.1 Å². The molecule has 0 aliphatic carbocycles. The molecule has 0 saturated carbocycles. The molecule has 2 rings (SSSR count). The van der Waals surface area contributed by atoms with Gasteiger partial charge in [0, 0.05) is 32.6 Å². The SMILES string of the molecule is COC(=O)c1ccc(CNCCC(=O)N2CCCC2)cc1. The van der Waals surface area contributed by atoms with Crippen LogP contribution >= 0.6 is 0 Å². The Morgan fingerprint density at radius 3 is 2.48 bits per heavy atom. The predicted molar refractivity (Wildman–Crippen MR) is 79.9 cm³/mol. The number of esters is 1. The molecule has 0 spiro atoms. The van der Waals surface area contributed by atoms with E-state index in [1.165, 1.54) is 7.11 Å². The molecule has 5 nitrogen and oxygen atoms in total. The fraction of sp³-hybridized carbons (Fsp3) is 0.500. The Labute approximate surface area is 125 Å². The Morgan fingerprint density at radius 1 is 1.19 bits per heavy atom. The molecule has 1 heterocycles. The van der Waals surface area contributed by atoms with Crippen LogP contribution in [0.1, 0.15) is 35.2 Å². The number of likely N-dealkylation sites (tertiary alicyclic amines) is 1. The summed E-state index contributed by atoms with van der Waals surface area (Å²) in [5.41, 5.74) is 1.63. The van der Waals surface area contributed by atoms with Crippen LogP contribution in [0.4, 0.5) is 0 Å². The first-order valence-electron chi connectivity index (χ1n) is 7.36. The molecule has 0 aromatic heterocycles. The van der Waals surface area contributed by atoms with Crippen LogP contribution in [0.15, 0.2) is 24.3 Å². The molecule has 114 valence electrons. The summed E-state index contributed by atoms with van der Waals surface area (Å²) in [5.74, 6) is -0.0910. The van der Waals surface area contributed by atoms with Crippen LogP contribution in [0.2, 0.25) is 0 Å². The highest BCUT2D eigenvalue weighted by Gasteiger charge is 2.16. The van der Waals surface area contributed by atoms with Gasteiger partial charge in [-0.15, -0.1) is 0 Å². The smallest absolute Gasteiger partial charge is 0.337 e. The van der Waals surface area contributed by atoms with E-state index in [0.717, 1.165) is 31.5 Å². The quantitative estimate of drug-likeness (QED) is 0.638. The van der Waals surface area contributed by atoms with Gasteiger partial charge in [0.15, 0.2) is 0 Å². The summed E-state index contributed by atoms with van der Waals surface area (Å²) in [6.45, 7) is 3.18. The van der Waals surface area contributed by atoms with Crippen LogP contribution < -0.4 is 5.32 Å². The maximum Gasteiger partial charge on any atom is 0.337 e. The van der Waals surface area contributed by atoms with Crippen molar-refractivity contribution in [1.82, 2.24) is 10.2 Å². The lowest BCUT2D eigenvalue weighted by Crippen LogP contribution is -2.30. The van der Waals surface area contributed by atoms with Gasteiger partial charge in [-0.25, -0.2) is 4.79 Å². The average molecular weight is 290 g/mol. The number of hydrogen-bond donors (Lipinski definition) is 1. The number of carbonyl (C=O) groups excluding carboxylic acids is 2. The van der Waals surface area contributed by atoms with Crippen molar-refractivity contribution >= 4 is 11.9 Å². The van der Waals surface area contributed by atoms with E-state index >= 15 is 0 Å². The topological polar surface area (TPSA) is 58.6 Å².